The van der Waals surface area contributed by atoms with Gasteiger partial charge in [-0.3, -0.25) is 0 Å². The zero-order valence-electron chi connectivity index (χ0n) is 8.87. The average molecular weight is 208 g/mol. The minimum atomic E-state index is 0.770. The van der Waals surface area contributed by atoms with Gasteiger partial charge in [0.15, 0.2) is 5.11 Å². The van der Waals surface area contributed by atoms with Gasteiger partial charge in [-0.15, -0.1) is 0 Å². The number of nitrogens with zero attached hydrogens (tertiary/aromatic N) is 1. The Balaban J connectivity index is 2.64. The minimum Gasteiger partial charge on any atom is -0.366 e. The van der Waals surface area contributed by atoms with Crippen LogP contribution in [0.3, 0.4) is 0 Å². The van der Waals surface area contributed by atoms with Crippen molar-refractivity contribution in [1.29, 1.82) is 0 Å². The Morgan fingerprint density at radius 1 is 1.50 bits per heavy atom. The fourth-order valence-corrected chi connectivity index (χ4v) is 1.41. The molecule has 0 unspecified atom stereocenters. The smallest absolute Gasteiger partial charge is 0.168 e. The Morgan fingerprint density at radius 3 is 2.79 bits per heavy atom. The summed E-state index contributed by atoms with van der Waals surface area (Å²) in [5.74, 6) is 0. The van der Waals surface area contributed by atoms with Crippen LogP contribution in [0.5, 0.6) is 0 Å². The maximum atomic E-state index is 5.12. The standard InChI is InChI=1S/C11H16N2S/c1-9-5-4-6-10(7-9)8-13(3)11(14)12-2/h4-7H,8H2,1-3H3,(H,12,14). The average Bonchev–Trinajstić information content (AvgIpc) is 2.16. The van der Waals surface area contributed by atoms with E-state index in [1.54, 1.807) is 0 Å². The second-order valence-corrected chi connectivity index (χ2v) is 3.79. The van der Waals surface area contributed by atoms with Gasteiger partial charge in [0.25, 0.3) is 0 Å². The topological polar surface area (TPSA) is 15.3 Å². The molecule has 1 N–H and O–H groups in total. The highest BCUT2D eigenvalue weighted by Crippen LogP contribution is 2.06. The van der Waals surface area contributed by atoms with Crippen LogP contribution in [-0.4, -0.2) is 24.1 Å². The molecule has 0 atom stereocenters. The molecule has 0 fully saturated rings. The normalized spacial score (nSPS) is 9.64. The van der Waals surface area contributed by atoms with Crippen molar-refractivity contribution in [3.8, 4) is 0 Å². The molecule has 0 aliphatic heterocycles. The van der Waals surface area contributed by atoms with Crippen LogP contribution >= 0.6 is 12.2 Å². The molecule has 76 valence electrons. The van der Waals surface area contributed by atoms with E-state index in [1.165, 1.54) is 11.1 Å². The maximum absolute atomic E-state index is 5.12. The third-order valence-electron chi connectivity index (χ3n) is 2.06. The fourth-order valence-electron chi connectivity index (χ4n) is 1.35. The number of hydrogen-bond acceptors (Lipinski definition) is 1. The van der Waals surface area contributed by atoms with Gasteiger partial charge in [0.1, 0.15) is 0 Å². The van der Waals surface area contributed by atoms with Gasteiger partial charge >= 0.3 is 0 Å². The van der Waals surface area contributed by atoms with E-state index in [2.05, 4.69) is 36.5 Å². The van der Waals surface area contributed by atoms with Crippen molar-refractivity contribution < 1.29 is 0 Å². The van der Waals surface area contributed by atoms with Crippen LogP contribution in [0, 0.1) is 6.92 Å². The van der Waals surface area contributed by atoms with Crippen molar-refractivity contribution in [3.05, 3.63) is 35.4 Å². The molecule has 1 aromatic rings. The SMILES string of the molecule is CNC(=S)N(C)Cc1cccc(C)c1. The quantitative estimate of drug-likeness (QED) is 0.748. The van der Waals surface area contributed by atoms with Gasteiger partial charge in [-0.1, -0.05) is 29.8 Å². The molecule has 1 rings (SSSR count). The number of rotatable bonds is 2. The lowest BCUT2D eigenvalue weighted by Crippen LogP contribution is -2.34. The number of hydrogen-bond donors (Lipinski definition) is 1. The third-order valence-corrected chi connectivity index (χ3v) is 2.58. The maximum Gasteiger partial charge on any atom is 0.168 e. The molecule has 2 nitrogen and oxygen atoms in total. The minimum absolute atomic E-state index is 0.770. The lowest BCUT2D eigenvalue weighted by atomic mass is 10.1. The van der Waals surface area contributed by atoms with E-state index >= 15 is 0 Å². The second-order valence-electron chi connectivity index (χ2n) is 3.40. The molecule has 0 aliphatic carbocycles. The first-order chi connectivity index (χ1) is 6.63. The molecule has 1 aromatic carbocycles. The largest absolute Gasteiger partial charge is 0.366 e. The van der Waals surface area contributed by atoms with Crippen molar-refractivity contribution in [2.75, 3.05) is 14.1 Å². The van der Waals surface area contributed by atoms with Gasteiger partial charge in [0, 0.05) is 20.6 Å². The zero-order valence-corrected chi connectivity index (χ0v) is 9.69. The summed E-state index contributed by atoms with van der Waals surface area (Å²) in [6, 6.07) is 8.46. The van der Waals surface area contributed by atoms with E-state index in [4.69, 9.17) is 12.2 Å². The lowest BCUT2D eigenvalue weighted by Gasteiger charge is -2.19. The van der Waals surface area contributed by atoms with Crippen LogP contribution in [0.15, 0.2) is 24.3 Å². The molecule has 0 heterocycles. The van der Waals surface area contributed by atoms with E-state index in [1.807, 2.05) is 19.0 Å². The Hall–Kier alpha value is -1.09. The Labute approximate surface area is 90.9 Å². The van der Waals surface area contributed by atoms with Gasteiger partial charge in [-0.25, -0.2) is 0 Å². The van der Waals surface area contributed by atoms with Gasteiger partial charge in [0.2, 0.25) is 0 Å². The summed E-state index contributed by atoms with van der Waals surface area (Å²) in [5.41, 5.74) is 2.57. The first-order valence-corrected chi connectivity index (χ1v) is 5.02. The molecule has 0 bridgehead atoms. The molecule has 0 aromatic heterocycles. The molecule has 0 saturated carbocycles. The Morgan fingerprint density at radius 2 is 2.21 bits per heavy atom. The Kier molecular flexibility index (Phi) is 3.89. The monoisotopic (exact) mass is 208 g/mol. The van der Waals surface area contributed by atoms with E-state index in [9.17, 15) is 0 Å². The summed E-state index contributed by atoms with van der Waals surface area (Å²) < 4.78 is 0. The molecule has 0 spiro atoms. The predicted octanol–water partition coefficient (Wildman–Crippen LogP) is 1.93. The second kappa shape index (κ2) is 4.96. The first kappa shape index (κ1) is 11.0. The van der Waals surface area contributed by atoms with E-state index in [0.717, 1.165) is 11.7 Å². The zero-order chi connectivity index (χ0) is 10.6. The van der Waals surface area contributed by atoms with Crippen LogP contribution in [0.25, 0.3) is 0 Å². The van der Waals surface area contributed by atoms with Gasteiger partial charge in [-0.05, 0) is 24.7 Å². The summed E-state index contributed by atoms with van der Waals surface area (Å²) in [7, 11) is 3.83. The molecule has 0 aliphatic rings. The van der Waals surface area contributed by atoms with Crippen LogP contribution in [0.2, 0.25) is 0 Å². The van der Waals surface area contributed by atoms with E-state index < -0.39 is 0 Å². The summed E-state index contributed by atoms with van der Waals surface area (Å²) >= 11 is 5.12. The highest BCUT2D eigenvalue weighted by Gasteiger charge is 2.02. The number of aryl methyl sites for hydroxylation is 1. The van der Waals surface area contributed by atoms with Crippen LogP contribution in [-0.2, 0) is 6.54 Å². The Bertz CT molecular complexity index is 323. The highest BCUT2D eigenvalue weighted by atomic mass is 32.1. The number of thiocarbonyl (C=S) groups is 1. The van der Waals surface area contributed by atoms with Crippen LogP contribution in [0.1, 0.15) is 11.1 Å². The van der Waals surface area contributed by atoms with Crippen LogP contribution in [0.4, 0.5) is 0 Å². The van der Waals surface area contributed by atoms with E-state index in [0.29, 0.717) is 0 Å². The highest BCUT2D eigenvalue weighted by molar-refractivity contribution is 7.80. The molecular formula is C11H16N2S. The summed E-state index contributed by atoms with van der Waals surface area (Å²) in [5, 5.41) is 3.73. The van der Waals surface area contributed by atoms with Crippen molar-refractivity contribution in [3.63, 3.8) is 0 Å². The van der Waals surface area contributed by atoms with Gasteiger partial charge < -0.3 is 10.2 Å². The van der Waals surface area contributed by atoms with Gasteiger partial charge in [-0.2, -0.15) is 0 Å². The summed E-state index contributed by atoms with van der Waals surface area (Å²) in [6.45, 7) is 2.95. The van der Waals surface area contributed by atoms with Crippen molar-refractivity contribution >= 4 is 17.3 Å². The van der Waals surface area contributed by atoms with Crippen molar-refractivity contribution in [2.45, 2.75) is 13.5 Å². The molecule has 0 amide bonds. The summed E-state index contributed by atoms with van der Waals surface area (Å²) in [4.78, 5) is 2.02. The van der Waals surface area contributed by atoms with E-state index in [-0.39, 0.29) is 0 Å². The third kappa shape index (κ3) is 3.00. The fraction of sp³-hybridized carbons (Fsp3) is 0.364. The molecule has 3 heteroatoms. The van der Waals surface area contributed by atoms with Gasteiger partial charge in [0.05, 0.1) is 0 Å². The van der Waals surface area contributed by atoms with Crippen molar-refractivity contribution in [2.24, 2.45) is 0 Å². The summed E-state index contributed by atoms with van der Waals surface area (Å²) in [6.07, 6.45) is 0. The lowest BCUT2D eigenvalue weighted by molar-refractivity contribution is 0.494. The molecular weight excluding hydrogens is 192 g/mol. The molecule has 0 radical (unpaired) electrons. The predicted molar refractivity (Wildman–Crippen MR) is 64.3 cm³/mol. The first-order valence-electron chi connectivity index (χ1n) is 4.62. The molecule has 14 heavy (non-hydrogen) atoms. The number of benzene rings is 1. The van der Waals surface area contributed by atoms with Crippen LogP contribution < -0.4 is 5.32 Å². The number of nitrogens with one attached hydrogen (secondary N) is 1. The van der Waals surface area contributed by atoms with Crippen molar-refractivity contribution in [1.82, 2.24) is 10.2 Å². The molecule has 0 saturated heterocycles.